The summed E-state index contributed by atoms with van der Waals surface area (Å²) in [5.41, 5.74) is 4.30. The second-order valence-corrected chi connectivity index (χ2v) is 7.90. The van der Waals surface area contributed by atoms with Crippen molar-refractivity contribution in [1.29, 1.82) is 0 Å². The molecule has 0 aliphatic heterocycles. The van der Waals surface area contributed by atoms with Crippen LogP contribution in [0, 0.1) is 5.92 Å². The number of hydrogen-bond acceptors (Lipinski definition) is 4. The molecule has 4 aromatic rings. The molecule has 1 atom stereocenters. The molecule has 0 spiro atoms. The SMILES string of the molecule is COc1ccccc1-c1cc(C(=O)N[C@@H](C)C(C)C)nc2cc(-c3ccccc3)nn12. The Morgan fingerprint density at radius 1 is 1.00 bits per heavy atom. The van der Waals surface area contributed by atoms with Gasteiger partial charge in [0.2, 0.25) is 0 Å². The van der Waals surface area contributed by atoms with E-state index in [1.54, 1.807) is 17.7 Å². The van der Waals surface area contributed by atoms with Gasteiger partial charge in [0.1, 0.15) is 11.4 Å². The Bertz CT molecular complexity index is 1210. The lowest BCUT2D eigenvalue weighted by Crippen LogP contribution is -2.36. The molecule has 6 heteroatoms. The highest BCUT2D eigenvalue weighted by Crippen LogP contribution is 2.31. The molecule has 2 aromatic carbocycles. The van der Waals surface area contributed by atoms with E-state index in [9.17, 15) is 4.79 Å². The Morgan fingerprint density at radius 2 is 1.71 bits per heavy atom. The maximum Gasteiger partial charge on any atom is 0.270 e. The van der Waals surface area contributed by atoms with Crippen molar-refractivity contribution in [3.63, 3.8) is 0 Å². The Labute approximate surface area is 181 Å². The monoisotopic (exact) mass is 414 g/mol. The number of amides is 1. The van der Waals surface area contributed by atoms with Gasteiger partial charge in [0.15, 0.2) is 5.65 Å². The van der Waals surface area contributed by atoms with Crippen LogP contribution in [0.4, 0.5) is 0 Å². The second-order valence-electron chi connectivity index (χ2n) is 7.90. The summed E-state index contributed by atoms with van der Waals surface area (Å²) >= 11 is 0. The molecule has 6 nitrogen and oxygen atoms in total. The fourth-order valence-electron chi connectivity index (χ4n) is 3.34. The van der Waals surface area contributed by atoms with E-state index < -0.39 is 0 Å². The number of benzene rings is 2. The summed E-state index contributed by atoms with van der Waals surface area (Å²) in [5, 5.41) is 7.83. The first-order valence-electron chi connectivity index (χ1n) is 10.4. The number of methoxy groups -OCH3 is 1. The van der Waals surface area contributed by atoms with E-state index in [4.69, 9.17) is 9.84 Å². The third kappa shape index (κ3) is 4.14. The van der Waals surface area contributed by atoms with Crippen LogP contribution in [0.15, 0.2) is 66.7 Å². The summed E-state index contributed by atoms with van der Waals surface area (Å²) in [5.74, 6) is 0.817. The molecule has 1 amide bonds. The maximum absolute atomic E-state index is 13.0. The molecular weight excluding hydrogens is 388 g/mol. The van der Waals surface area contributed by atoms with Crippen LogP contribution in [0.5, 0.6) is 5.75 Å². The number of carbonyl (C=O) groups excluding carboxylic acids is 1. The van der Waals surface area contributed by atoms with Crippen molar-refractivity contribution < 1.29 is 9.53 Å². The maximum atomic E-state index is 13.0. The summed E-state index contributed by atoms with van der Waals surface area (Å²) in [6.07, 6.45) is 0. The standard InChI is InChI=1S/C25H26N4O2/c1-16(2)17(3)26-25(30)21-14-22(19-12-8-9-13-23(19)31-4)29-24(27-21)15-20(28-29)18-10-6-5-7-11-18/h5-17H,1-4H3,(H,26,30)/t17-/m0/s1. The lowest BCUT2D eigenvalue weighted by atomic mass is 10.1. The molecule has 2 heterocycles. The molecule has 31 heavy (non-hydrogen) atoms. The zero-order chi connectivity index (χ0) is 22.0. The van der Waals surface area contributed by atoms with Gasteiger partial charge in [0.25, 0.3) is 5.91 Å². The molecule has 1 N–H and O–H groups in total. The highest BCUT2D eigenvalue weighted by Gasteiger charge is 2.20. The van der Waals surface area contributed by atoms with E-state index in [2.05, 4.69) is 24.1 Å². The topological polar surface area (TPSA) is 68.5 Å². The van der Waals surface area contributed by atoms with Gasteiger partial charge in [-0.2, -0.15) is 5.10 Å². The number of rotatable bonds is 6. The number of hydrogen-bond donors (Lipinski definition) is 1. The van der Waals surface area contributed by atoms with Crippen molar-refractivity contribution in [3.05, 3.63) is 72.4 Å². The van der Waals surface area contributed by atoms with Gasteiger partial charge in [-0.1, -0.05) is 56.3 Å². The van der Waals surface area contributed by atoms with Crippen LogP contribution in [-0.2, 0) is 0 Å². The normalized spacial score (nSPS) is 12.2. The molecule has 0 fully saturated rings. The minimum absolute atomic E-state index is 0.0324. The molecule has 0 saturated heterocycles. The fourth-order valence-corrected chi connectivity index (χ4v) is 3.34. The van der Waals surface area contributed by atoms with E-state index in [-0.39, 0.29) is 11.9 Å². The van der Waals surface area contributed by atoms with Gasteiger partial charge in [-0.3, -0.25) is 4.79 Å². The predicted octanol–water partition coefficient (Wildman–Crippen LogP) is 4.85. The minimum atomic E-state index is -0.206. The van der Waals surface area contributed by atoms with Crippen molar-refractivity contribution in [2.45, 2.75) is 26.8 Å². The van der Waals surface area contributed by atoms with Gasteiger partial charge in [-0.05, 0) is 31.0 Å². The zero-order valence-corrected chi connectivity index (χ0v) is 18.2. The van der Waals surface area contributed by atoms with E-state index in [0.29, 0.717) is 23.0 Å². The first kappa shape index (κ1) is 20.6. The number of carbonyl (C=O) groups is 1. The van der Waals surface area contributed by atoms with Crippen molar-refractivity contribution in [1.82, 2.24) is 19.9 Å². The van der Waals surface area contributed by atoms with Gasteiger partial charge in [0.05, 0.1) is 18.5 Å². The average molecular weight is 415 g/mol. The van der Waals surface area contributed by atoms with Crippen LogP contribution in [0.25, 0.3) is 28.2 Å². The van der Waals surface area contributed by atoms with Crippen LogP contribution in [0.1, 0.15) is 31.3 Å². The Morgan fingerprint density at radius 3 is 2.42 bits per heavy atom. The first-order valence-corrected chi connectivity index (χ1v) is 10.4. The number of aromatic nitrogens is 3. The third-order valence-electron chi connectivity index (χ3n) is 5.47. The molecule has 0 bridgehead atoms. The molecule has 158 valence electrons. The van der Waals surface area contributed by atoms with E-state index in [1.165, 1.54) is 0 Å². The largest absolute Gasteiger partial charge is 0.496 e. The van der Waals surface area contributed by atoms with Crippen molar-refractivity contribution in [2.24, 2.45) is 5.92 Å². The molecule has 0 aliphatic carbocycles. The van der Waals surface area contributed by atoms with Gasteiger partial charge in [0, 0.05) is 23.2 Å². The van der Waals surface area contributed by atoms with Crippen LogP contribution in [0.2, 0.25) is 0 Å². The van der Waals surface area contributed by atoms with Gasteiger partial charge in [-0.15, -0.1) is 0 Å². The summed E-state index contributed by atoms with van der Waals surface area (Å²) in [6, 6.07) is 21.3. The highest BCUT2D eigenvalue weighted by molar-refractivity contribution is 5.94. The van der Waals surface area contributed by atoms with Gasteiger partial charge < -0.3 is 10.1 Å². The summed E-state index contributed by atoms with van der Waals surface area (Å²) in [7, 11) is 1.63. The van der Waals surface area contributed by atoms with Crippen LogP contribution >= 0.6 is 0 Å². The molecule has 2 aromatic heterocycles. The number of fused-ring (bicyclic) bond motifs is 1. The second kappa shape index (κ2) is 8.60. The van der Waals surface area contributed by atoms with Gasteiger partial charge >= 0.3 is 0 Å². The summed E-state index contributed by atoms with van der Waals surface area (Å²) in [4.78, 5) is 17.6. The van der Waals surface area contributed by atoms with Crippen molar-refractivity contribution >= 4 is 11.6 Å². The van der Waals surface area contributed by atoms with Crippen molar-refractivity contribution in [2.75, 3.05) is 7.11 Å². The number of nitrogens with zero attached hydrogens (tertiary/aromatic N) is 3. The molecule has 0 saturated carbocycles. The van der Waals surface area contributed by atoms with E-state index in [1.807, 2.05) is 67.6 Å². The minimum Gasteiger partial charge on any atom is -0.496 e. The first-order chi connectivity index (χ1) is 15.0. The number of nitrogens with one attached hydrogen (secondary N) is 1. The molecule has 0 radical (unpaired) electrons. The molecular formula is C25H26N4O2. The molecule has 4 rings (SSSR count). The smallest absolute Gasteiger partial charge is 0.270 e. The van der Waals surface area contributed by atoms with Crippen LogP contribution in [0.3, 0.4) is 0 Å². The lowest BCUT2D eigenvalue weighted by molar-refractivity contribution is 0.0925. The average Bonchev–Trinajstić information content (AvgIpc) is 3.23. The van der Waals surface area contributed by atoms with Crippen molar-refractivity contribution in [3.8, 4) is 28.3 Å². The molecule has 0 aliphatic rings. The van der Waals surface area contributed by atoms with Gasteiger partial charge in [-0.25, -0.2) is 9.50 Å². The quantitative estimate of drug-likeness (QED) is 0.490. The Kier molecular flexibility index (Phi) is 5.71. The number of ether oxygens (including phenoxy) is 1. The van der Waals surface area contributed by atoms with Crippen LogP contribution in [-0.4, -0.2) is 33.7 Å². The predicted molar refractivity (Wildman–Crippen MR) is 122 cm³/mol. The highest BCUT2D eigenvalue weighted by atomic mass is 16.5. The lowest BCUT2D eigenvalue weighted by Gasteiger charge is -2.17. The summed E-state index contributed by atoms with van der Waals surface area (Å²) < 4.78 is 7.34. The summed E-state index contributed by atoms with van der Waals surface area (Å²) in [6.45, 7) is 6.14. The van der Waals surface area contributed by atoms with Crippen LogP contribution < -0.4 is 10.1 Å². The van der Waals surface area contributed by atoms with E-state index in [0.717, 1.165) is 22.5 Å². The zero-order valence-electron chi connectivity index (χ0n) is 18.2. The fraction of sp³-hybridized carbons (Fsp3) is 0.240. The van der Waals surface area contributed by atoms with E-state index >= 15 is 0 Å². The number of para-hydroxylation sites is 1. The Hall–Kier alpha value is -3.67. The Balaban J connectivity index is 1.90. The molecule has 0 unspecified atom stereocenters. The third-order valence-corrected chi connectivity index (χ3v) is 5.47.